The van der Waals surface area contributed by atoms with Gasteiger partial charge in [0.1, 0.15) is 5.75 Å². The average molecular weight is 397 g/mol. The Morgan fingerprint density at radius 2 is 2.00 bits per heavy atom. The number of carbonyl (C=O) groups excluding carboxylic acids is 2. The molecule has 0 fully saturated rings. The van der Waals surface area contributed by atoms with Crippen LogP contribution in [-0.4, -0.2) is 27.2 Å². The smallest absolute Gasteiger partial charge is 0.278 e. The molecule has 8 heteroatoms. The van der Waals surface area contributed by atoms with Gasteiger partial charge in [0.15, 0.2) is 0 Å². The zero-order valence-corrected chi connectivity index (χ0v) is 15.7. The van der Waals surface area contributed by atoms with E-state index in [1.165, 1.54) is 13.1 Å². The molecule has 3 aromatic rings. The highest BCUT2D eigenvalue weighted by atomic mass is 35.5. The van der Waals surface area contributed by atoms with Crippen LogP contribution in [0.5, 0.6) is 5.75 Å². The first-order valence-electron chi connectivity index (χ1n) is 8.62. The number of fused-ring (bicyclic) bond motifs is 1. The Morgan fingerprint density at radius 1 is 1.25 bits per heavy atom. The van der Waals surface area contributed by atoms with Crippen LogP contribution in [0.3, 0.4) is 0 Å². The number of nitrogens with zero attached hydrogens (tertiary/aromatic N) is 2. The summed E-state index contributed by atoms with van der Waals surface area (Å²) in [6.07, 6.45) is 3.17. The Hall–Kier alpha value is -3.32. The summed E-state index contributed by atoms with van der Waals surface area (Å²) in [5, 5.41) is 10.3. The molecule has 0 aliphatic carbocycles. The minimum atomic E-state index is -1.70. The quantitative estimate of drug-likeness (QED) is 0.662. The summed E-state index contributed by atoms with van der Waals surface area (Å²) in [4.78, 5) is 25.2. The van der Waals surface area contributed by atoms with Crippen molar-refractivity contribution in [3.63, 3.8) is 0 Å². The van der Waals surface area contributed by atoms with Crippen LogP contribution in [0.1, 0.15) is 12.5 Å². The maximum Gasteiger partial charge on any atom is 0.278 e. The number of hydrogen-bond acceptors (Lipinski definition) is 4. The van der Waals surface area contributed by atoms with E-state index in [4.69, 9.17) is 16.3 Å². The van der Waals surface area contributed by atoms with Gasteiger partial charge in [0.2, 0.25) is 0 Å². The molecule has 1 aromatic heterocycles. The monoisotopic (exact) mass is 396 g/mol. The largest absolute Gasteiger partial charge is 0.466 e. The van der Waals surface area contributed by atoms with Crippen molar-refractivity contribution >= 4 is 34.8 Å². The Kier molecular flexibility index (Phi) is 4.52. The molecule has 0 saturated heterocycles. The van der Waals surface area contributed by atoms with Gasteiger partial charge in [-0.25, -0.2) is 0 Å². The summed E-state index contributed by atoms with van der Waals surface area (Å²) in [5.41, 5.74) is 0.196. The molecule has 1 aliphatic rings. The van der Waals surface area contributed by atoms with E-state index < -0.39 is 17.4 Å². The van der Waals surface area contributed by atoms with Gasteiger partial charge >= 0.3 is 0 Å². The SMILES string of the molecule is CC1(C(=O)Nc2cnn(Cc3ccccc3Cl)c2)Oc2ccccc2NC1=O. The lowest BCUT2D eigenvalue weighted by Gasteiger charge is -2.33. The summed E-state index contributed by atoms with van der Waals surface area (Å²) < 4.78 is 7.36. The molecule has 2 N–H and O–H groups in total. The fraction of sp³-hybridized carbons (Fsp3) is 0.150. The van der Waals surface area contributed by atoms with Crippen molar-refractivity contribution in [2.24, 2.45) is 0 Å². The van der Waals surface area contributed by atoms with Crippen LogP contribution in [0.4, 0.5) is 11.4 Å². The molecule has 28 heavy (non-hydrogen) atoms. The average Bonchev–Trinajstić information content (AvgIpc) is 3.11. The Morgan fingerprint density at radius 3 is 2.82 bits per heavy atom. The van der Waals surface area contributed by atoms with Crippen LogP contribution in [0.15, 0.2) is 60.9 Å². The second-order valence-electron chi connectivity index (χ2n) is 6.56. The van der Waals surface area contributed by atoms with Gasteiger partial charge in [-0.1, -0.05) is 41.9 Å². The lowest BCUT2D eigenvalue weighted by Crippen LogP contribution is -2.56. The molecule has 4 rings (SSSR count). The third-order valence-corrected chi connectivity index (χ3v) is 4.87. The van der Waals surface area contributed by atoms with Gasteiger partial charge in [0.25, 0.3) is 17.4 Å². The van der Waals surface area contributed by atoms with Gasteiger partial charge in [-0.3, -0.25) is 14.3 Å². The van der Waals surface area contributed by atoms with Gasteiger partial charge in [0, 0.05) is 11.2 Å². The second-order valence-corrected chi connectivity index (χ2v) is 6.96. The lowest BCUT2D eigenvalue weighted by atomic mass is 10.0. The van der Waals surface area contributed by atoms with Crippen LogP contribution >= 0.6 is 11.6 Å². The molecule has 2 heterocycles. The first-order chi connectivity index (χ1) is 13.5. The zero-order chi connectivity index (χ0) is 19.7. The number of amides is 2. The summed E-state index contributed by atoms with van der Waals surface area (Å²) in [5.74, 6) is -0.682. The van der Waals surface area contributed by atoms with Crippen molar-refractivity contribution in [3.05, 3.63) is 71.5 Å². The topological polar surface area (TPSA) is 85.2 Å². The number of halogens is 1. The number of ether oxygens (including phenoxy) is 1. The Labute approximate surface area is 166 Å². The van der Waals surface area contributed by atoms with Crippen molar-refractivity contribution in [1.82, 2.24) is 9.78 Å². The molecule has 1 unspecified atom stereocenters. The molecule has 0 spiro atoms. The first kappa shape index (κ1) is 18.1. The van der Waals surface area contributed by atoms with E-state index in [9.17, 15) is 9.59 Å². The lowest BCUT2D eigenvalue weighted by molar-refractivity contribution is -0.143. The Bertz CT molecular complexity index is 1060. The Balaban J connectivity index is 1.49. The molecule has 0 radical (unpaired) electrons. The molecular weight excluding hydrogens is 380 g/mol. The molecule has 7 nitrogen and oxygen atoms in total. The maximum absolute atomic E-state index is 12.8. The van der Waals surface area contributed by atoms with E-state index in [0.29, 0.717) is 28.7 Å². The normalized spacial score (nSPS) is 18.0. The van der Waals surface area contributed by atoms with E-state index in [0.717, 1.165) is 5.56 Å². The van der Waals surface area contributed by atoms with Crippen LogP contribution < -0.4 is 15.4 Å². The summed E-state index contributed by atoms with van der Waals surface area (Å²) >= 11 is 6.17. The predicted molar refractivity (Wildman–Crippen MR) is 106 cm³/mol. The summed E-state index contributed by atoms with van der Waals surface area (Å²) in [6, 6.07) is 14.4. The minimum absolute atomic E-state index is 0.439. The molecule has 0 saturated carbocycles. The van der Waals surface area contributed by atoms with E-state index in [-0.39, 0.29) is 0 Å². The highest BCUT2D eigenvalue weighted by molar-refractivity contribution is 6.31. The zero-order valence-electron chi connectivity index (χ0n) is 15.0. The fourth-order valence-corrected chi connectivity index (χ4v) is 3.08. The van der Waals surface area contributed by atoms with E-state index in [2.05, 4.69) is 15.7 Å². The number of hydrogen-bond donors (Lipinski definition) is 2. The van der Waals surface area contributed by atoms with Crippen molar-refractivity contribution in [1.29, 1.82) is 0 Å². The third-order valence-electron chi connectivity index (χ3n) is 4.50. The van der Waals surface area contributed by atoms with Gasteiger partial charge in [-0.05, 0) is 30.7 Å². The fourth-order valence-electron chi connectivity index (χ4n) is 2.88. The molecule has 2 amide bonds. The molecule has 142 valence electrons. The van der Waals surface area contributed by atoms with Crippen molar-refractivity contribution in [2.75, 3.05) is 10.6 Å². The van der Waals surface area contributed by atoms with Crippen molar-refractivity contribution in [2.45, 2.75) is 19.1 Å². The molecule has 2 aromatic carbocycles. The van der Waals surface area contributed by atoms with E-state index in [1.54, 1.807) is 41.2 Å². The van der Waals surface area contributed by atoms with Crippen LogP contribution in [0.2, 0.25) is 5.02 Å². The van der Waals surface area contributed by atoms with Crippen molar-refractivity contribution in [3.8, 4) is 5.75 Å². The number of nitrogens with one attached hydrogen (secondary N) is 2. The van der Waals surface area contributed by atoms with Gasteiger partial charge in [-0.2, -0.15) is 5.10 Å². The molecule has 0 bridgehead atoms. The number of para-hydroxylation sites is 2. The summed E-state index contributed by atoms with van der Waals surface area (Å²) in [6.45, 7) is 1.89. The predicted octanol–water partition coefficient (Wildman–Crippen LogP) is 3.31. The van der Waals surface area contributed by atoms with E-state index >= 15 is 0 Å². The van der Waals surface area contributed by atoms with Gasteiger partial charge in [-0.15, -0.1) is 0 Å². The minimum Gasteiger partial charge on any atom is -0.466 e. The first-order valence-corrected chi connectivity index (χ1v) is 9.00. The number of anilines is 2. The summed E-state index contributed by atoms with van der Waals surface area (Å²) in [7, 11) is 0. The van der Waals surface area contributed by atoms with Crippen molar-refractivity contribution < 1.29 is 14.3 Å². The third kappa shape index (κ3) is 3.32. The van der Waals surface area contributed by atoms with Gasteiger partial charge < -0.3 is 15.4 Å². The highest BCUT2D eigenvalue weighted by Crippen LogP contribution is 2.33. The second kappa shape index (κ2) is 7.01. The van der Waals surface area contributed by atoms with Gasteiger partial charge in [0.05, 0.1) is 24.1 Å². The maximum atomic E-state index is 12.8. The van der Waals surface area contributed by atoms with Crippen LogP contribution in [0.25, 0.3) is 0 Å². The molecule has 1 aliphatic heterocycles. The molecular formula is C20H17ClN4O3. The highest BCUT2D eigenvalue weighted by Gasteiger charge is 2.47. The number of carbonyl (C=O) groups is 2. The van der Waals surface area contributed by atoms with Crippen LogP contribution in [-0.2, 0) is 16.1 Å². The van der Waals surface area contributed by atoms with E-state index in [1.807, 2.05) is 18.2 Å². The number of benzene rings is 2. The number of aromatic nitrogens is 2. The molecule has 1 atom stereocenters. The number of rotatable bonds is 4. The van der Waals surface area contributed by atoms with Crippen LogP contribution in [0, 0.1) is 0 Å². The standard InChI is InChI=1S/C20H17ClN4O3/c1-20(19(27)24-16-8-4-5-9-17(16)28-20)18(26)23-14-10-22-25(12-14)11-13-6-2-3-7-15(13)21/h2-10,12H,11H2,1H3,(H,23,26)(H,24,27).